The average Bonchev–Trinajstić information content (AvgIpc) is 2.38. The molecule has 0 saturated heterocycles. The van der Waals surface area contributed by atoms with E-state index in [4.69, 9.17) is 0 Å². The second kappa shape index (κ2) is 2.87. The lowest BCUT2D eigenvalue weighted by Crippen LogP contribution is -2.50. The highest BCUT2D eigenvalue weighted by Crippen LogP contribution is 2.36. The molecular weight excluding hydrogens is 178 g/mol. The molecule has 2 N–H and O–H groups in total. The first-order chi connectivity index (χ1) is 6.50. The Labute approximate surface area is 83.6 Å². The second-order valence-corrected chi connectivity index (χ2v) is 4.40. The molecule has 1 aliphatic rings. The molecule has 0 amide bonds. The third-order valence-electron chi connectivity index (χ3n) is 2.18. The van der Waals surface area contributed by atoms with Gasteiger partial charge in [0.1, 0.15) is 0 Å². The van der Waals surface area contributed by atoms with Gasteiger partial charge in [-0.25, -0.2) is 0 Å². The number of hydrazine groups is 2. The molecule has 1 aromatic rings. The minimum absolute atomic E-state index is 0.158. The van der Waals surface area contributed by atoms with E-state index >= 15 is 0 Å². The molecule has 0 unspecified atom stereocenters. The maximum Gasteiger partial charge on any atom is 0.0815 e. The van der Waals surface area contributed by atoms with Crippen molar-refractivity contribution in [3.8, 4) is 0 Å². The van der Waals surface area contributed by atoms with E-state index in [1.165, 1.54) is 0 Å². The van der Waals surface area contributed by atoms with Gasteiger partial charge in [0, 0.05) is 0 Å². The number of hydrogen-bond donors (Lipinski definition) is 2. The highest BCUT2D eigenvalue weighted by Gasteiger charge is 2.33. The van der Waals surface area contributed by atoms with Crippen molar-refractivity contribution in [2.45, 2.75) is 26.3 Å². The molecule has 4 nitrogen and oxygen atoms in total. The molecule has 0 saturated carbocycles. The second-order valence-electron chi connectivity index (χ2n) is 4.40. The lowest BCUT2D eigenvalue weighted by atomic mass is 10.1. The largest absolute Gasteiger partial charge is 0.276 e. The smallest absolute Gasteiger partial charge is 0.0815 e. The van der Waals surface area contributed by atoms with Crippen LogP contribution in [0.4, 0.5) is 11.4 Å². The number of nitrogens with zero attached hydrogens (tertiary/aromatic N) is 2. The monoisotopic (exact) mass is 193 g/mol. The van der Waals surface area contributed by atoms with Gasteiger partial charge >= 0.3 is 0 Å². The van der Waals surface area contributed by atoms with Crippen molar-refractivity contribution in [2.24, 2.45) is 0 Å². The van der Waals surface area contributed by atoms with Crippen molar-refractivity contribution in [1.82, 2.24) is 5.28 Å². The Balaban J connectivity index is 2.45. The molecule has 1 aromatic carbocycles. The van der Waals surface area contributed by atoms with Crippen LogP contribution < -0.4 is 10.4 Å². The Kier molecular flexibility index (Phi) is 1.90. The number of benzene rings is 1. The van der Waals surface area contributed by atoms with Gasteiger partial charge in [-0.2, -0.15) is 0 Å². The van der Waals surface area contributed by atoms with Gasteiger partial charge < -0.3 is 0 Å². The molecule has 0 radical (unpaired) electrons. The van der Waals surface area contributed by atoms with Crippen molar-refractivity contribution in [2.75, 3.05) is 10.4 Å². The number of rotatable bonds is 0. The standard InChI is InChI=1S/C10H15N3O/c1-10(2,3)12-9-7-5-4-6-8(9)11-13(12)14/h4-7,11,14H,1-3H3. The van der Waals surface area contributed by atoms with Gasteiger partial charge in [-0.05, 0) is 38.2 Å². The zero-order valence-corrected chi connectivity index (χ0v) is 8.65. The van der Waals surface area contributed by atoms with Gasteiger partial charge in [-0.1, -0.05) is 12.1 Å². The van der Waals surface area contributed by atoms with E-state index in [1.807, 2.05) is 50.0 Å². The Morgan fingerprint density at radius 3 is 2.50 bits per heavy atom. The van der Waals surface area contributed by atoms with Gasteiger partial charge in [0.15, 0.2) is 0 Å². The van der Waals surface area contributed by atoms with E-state index in [9.17, 15) is 5.21 Å². The summed E-state index contributed by atoms with van der Waals surface area (Å²) in [7, 11) is 0. The number of hydrogen-bond acceptors (Lipinski definition) is 4. The van der Waals surface area contributed by atoms with Gasteiger partial charge in [0.2, 0.25) is 0 Å². The van der Waals surface area contributed by atoms with E-state index in [2.05, 4.69) is 5.43 Å². The van der Waals surface area contributed by atoms with Gasteiger partial charge in [-0.15, -0.1) is 0 Å². The fourth-order valence-electron chi connectivity index (χ4n) is 1.66. The molecule has 0 spiro atoms. The number of fused-ring (bicyclic) bond motifs is 1. The van der Waals surface area contributed by atoms with Crippen LogP contribution in [-0.4, -0.2) is 16.0 Å². The first-order valence-corrected chi connectivity index (χ1v) is 4.65. The van der Waals surface area contributed by atoms with Crippen molar-refractivity contribution in [3.63, 3.8) is 0 Å². The lowest BCUT2D eigenvalue weighted by molar-refractivity contribution is -0.0854. The quantitative estimate of drug-likeness (QED) is 0.662. The summed E-state index contributed by atoms with van der Waals surface area (Å²) in [4.78, 5) is 0. The molecule has 76 valence electrons. The lowest BCUT2D eigenvalue weighted by Gasteiger charge is -2.35. The van der Waals surface area contributed by atoms with Crippen LogP contribution in [0.2, 0.25) is 0 Å². The van der Waals surface area contributed by atoms with Crippen LogP contribution >= 0.6 is 0 Å². The Bertz CT molecular complexity index is 345. The number of para-hydroxylation sites is 2. The van der Waals surface area contributed by atoms with E-state index in [1.54, 1.807) is 0 Å². The molecule has 0 bridgehead atoms. The SMILES string of the molecule is CC(C)(C)N1c2ccccc2NN1O. The summed E-state index contributed by atoms with van der Waals surface area (Å²) in [6, 6.07) is 7.80. The summed E-state index contributed by atoms with van der Waals surface area (Å²) in [6.07, 6.45) is 0. The van der Waals surface area contributed by atoms with Crippen LogP contribution in [-0.2, 0) is 0 Å². The van der Waals surface area contributed by atoms with Crippen molar-refractivity contribution in [3.05, 3.63) is 24.3 Å². The molecule has 14 heavy (non-hydrogen) atoms. The normalized spacial score (nSPS) is 16.7. The van der Waals surface area contributed by atoms with Crippen LogP contribution in [0.25, 0.3) is 0 Å². The zero-order valence-electron chi connectivity index (χ0n) is 8.65. The minimum Gasteiger partial charge on any atom is -0.276 e. The molecular formula is C10H15N3O. The Morgan fingerprint density at radius 1 is 1.21 bits per heavy atom. The fourth-order valence-corrected chi connectivity index (χ4v) is 1.66. The molecule has 4 heteroatoms. The van der Waals surface area contributed by atoms with Crippen molar-refractivity contribution < 1.29 is 5.21 Å². The molecule has 1 aliphatic heterocycles. The molecule has 0 atom stereocenters. The van der Waals surface area contributed by atoms with Gasteiger partial charge in [0.25, 0.3) is 0 Å². The summed E-state index contributed by atoms with van der Waals surface area (Å²) in [5, 5.41) is 12.5. The van der Waals surface area contributed by atoms with Crippen LogP contribution in [0.5, 0.6) is 0 Å². The highest BCUT2D eigenvalue weighted by molar-refractivity contribution is 5.73. The first kappa shape index (κ1) is 9.30. The van der Waals surface area contributed by atoms with E-state index in [0.717, 1.165) is 16.7 Å². The molecule has 0 fully saturated rings. The number of anilines is 2. The fraction of sp³-hybridized carbons (Fsp3) is 0.400. The molecule has 0 aromatic heterocycles. The van der Waals surface area contributed by atoms with Gasteiger partial charge in [0.05, 0.1) is 16.9 Å². The highest BCUT2D eigenvalue weighted by atomic mass is 16.6. The van der Waals surface area contributed by atoms with Crippen molar-refractivity contribution in [1.29, 1.82) is 0 Å². The Morgan fingerprint density at radius 2 is 1.86 bits per heavy atom. The molecule has 0 aliphatic carbocycles. The maximum atomic E-state index is 9.69. The maximum absolute atomic E-state index is 9.69. The topological polar surface area (TPSA) is 38.7 Å². The third-order valence-corrected chi connectivity index (χ3v) is 2.18. The van der Waals surface area contributed by atoms with Crippen molar-refractivity contribution >= 4 is 11.4 Å². The van der Waals surface area contributed by atoms with Crippen LogP contribution in [0.3, 0.4) is 0 Å². The predicted octanol–water partition coefficient (Wildman–Crippen LogP) is 2.24. The van der Waals surface area contributed by atoms with Crippen LogP contribution in [0.1, 0.15) is 20.8 Å². The number of nitrogens with one attached hydrogen (secondary N) is 1. The zero-order chi connectivity index (χ0) is 10.3. The summed E-state index contributed by atoms with van der Waals surface area (Å²) in [6.45, 7) is 6.12. The average molecular weight is 193 g/mol. The predicted molar refractivity (Wildman–Crippen MR) is 55.9 cm³/mol. The Hall–Kier alpha value is -1.26. The van der Waals surface area contributed by atoms with Crippen LogP contribution in [0, 0.1) is 0 Å². The molecule has 1 heterocycles. The molecule has 2 rings (SSSR count). The summed E-state index contributed by atoms with van der Waals surface area (Å²) in [5.74, 6) is 0. The summed E-state index contributed by atoms with van der Waals surface area (Å²) < 4.78 is 0. The van der Waals surface area contributed by atoms with E-state index in [-0.39, 0.29) is 5.54 Å². The summed E-state index contributed by atoms with van der Waals surface area (Å²) in [5.41, 5.74) is 4.62. The first-order valence-electron chi connectivity index (χ1n) is 4.65. The van der Waals surface area contributed by atoms with Crippen LogP contribution in [0.15, 0.2) is 24.3 Å². The third kappa shape index (κ3) is 1.32. The van der Waals surface area contributed by atoms with Gasteiger partial charge in [-0.3, -0.25) is 15.6 Å². The summed E-state index contributed by atoms with van der Waals surface area (Å²) >= 11 is 0. The minimum atomic E-state index is -0.158. The van der Waals surface area contributed by atoms with E-state index in [0.29, 0.717) is 0 Å². The van der Waals surface area contributed by atoms with E-state index < -0.39 is 0 Å².